The Labute approximate surface area is 294 Å². The summed E-state index contributed by atoms with van der Waals surface area (Å²) in [5.74, 6) is 0.550. The number of carbonyl (C=O) groups is 1. The van der Waals surface area contributed by atoms with E-state index in [2.05, 4.69) is 12.2 Å². The largest absolute Gasteiger partial charge is 0.491 e. The Balaban J connectivity index is 1.56. The molecule has 0 atom stereocenters. The van der Waals surface area contributed by atoms with Crippen molar-refractivity contribution in [3.8, 4) is 23.0 Å². The third-order valence-corrected chi connectivity index (χ3v) is 8.45. The molecular weight excluding hydrogens is 636 g/mol. The summed E-state index contributed by atoms with van der Waals surface area (Å²) in [4.78, 5) is 25.5. The topological polar surface area (TPSA) is 129 Å². The Kier molecular flexibility index (Phi) is 15.3. The lowest BCUT2D eigenvalue weighted by atomic mass is 10.0. The highest BCUT2D eigenvalue weighted by Gasteiger charge is 2.24. The van der Waals surface area contributed by atoms with Crippen LogP contribution in [0.3, 0.4) is 0 Å². The molecule has 0 radical (unpaired) electrons. The first-order chi connectivity index (χ1) is 24.4. The second-order valence-electron chi connectivity index (χ2n) is 12.4. The Morgan fingerprint density at radius 1 is 0.800 bits per heavy atom. The van der Waals surface area contributed by atoms with Crippen LogP contribution in [0.2, 0.25) is 0 Å². The van der Waals surface area contributed by atoms with Crippen LogP contribution in [0.1, 0.15) is 99.5 Å². The van der Waals surface area contributed by atoms with Crippen molar-refractivity contribution in [2.75, 3.05) is 25.3 Å². The number of nitrogens with one attached hydrogen (secondary N) is 1. The Morgan fingerprint density at radius 3 is 2.16 bits per heavy atom. The van der Waals surface area contributed by atoms with E-state index in [9.17, 15) is 20.0 Å². The number of hydrogen-bond donors (Lipinski definition) is 2. The lowest BCUT2D eigenvalue weighted by Gasteiger charge is -2.19. The van der Waals surface area contributed by atoms with Gasteiger partial charge in [0, 0.05) is 23.4 Å². The maximum atomic E-state index is 14.1. The maximum Gasteiger partial charge on any atom is 0.311 e. The fraction of sp³-hybridized carbons (Fsp3) is 0.425. The van der Waals surface area contributed by atoms with E-state index in [4.69, 9.17) is 18.9 Å². The van der Waals surface area contributed by atoms with E-state index in [0.29, 0.717) is 41.0 Å². The summed E-state index contributed by atoms with van der Waals surface area (Å²) in [7, 11) is 0. The molecule has 1 amide bonds. The standard InChI is InChI=1S/C40H50N2O8/c1-4-6-7-8-9-10-11-12-13-16-23-48-36-21-19-29(3)24-34(36)41-40(44)33-26-38(50-37-22-20-30(27-43)25-35(37)42(45)46)31-17-14-15-18-32(31)39(33)49-28-47-5-2/h14-15,17-22,24-26,43H,4-13,16,23,27-28H2,1-3H3,(H,41,44). The minimum absolute atomic E-state index is 0.0342. The lowest BCUT2D eigenvalue weighted by molar-refractivity contribution is -0.385. The normalized spacial score (nSPS) is 11.0. The van der Waals surface area contributed by atoms with Gasteiger partial charge in [-0.3, -0.25) is 14.9 Å². The van der Waals surface area contributed by atoms with Crippen molar-refractivity contribution in [1.29, 1.82) is 0 Å². The average molecular weight is 687 g/mol. The summed E-state index contributed by atoms with van der Waals surface area (Å²) < 4.78 is 23.8. The maximum absolute atomic E-state index is 14.1. The molecule has 0 unspecified atom stereocenters. The molecule has 268 valence electrons. The fourth-order valence-electron chi connectivity index (χ4n) is 5.75. The quantitative estimate of drug-likeness (QED) is 0.0362. The van der Waals surface area contributed by atoms with Crippen LogP contribution in [0.25, 0.3) is 10.8 Å². The molecule has 0 aromatic heterocycles. The molecule has 0 fully saturated rings. The van der Waals surface area contributed by atoms with Gasteiger partial charge in [-0.15, -0.1) is 0 Å². The zero-order chi connectivity index (χ0) is 35.7. The summed E-state index contributed by atoms with van der Waals surface area (Å²) in [5, 5.41) is 25.6. The molecule has 0 aliphatic heterocycles. The van der Waals surface area contributed by atoms with Crippen molar-refractivity contribution in [2.45, 2.75) is 91.6 Å². The summed E-state index contributed by atoms with van der Waals surface area (Å²) in [6.45, 7) is 6.52. The number of aliphatic hydroxyl groups excluding tert-OH is 1. The monoisotopic (exact) mass is 686 g/mol. The smallest absolute Gasteiger partial charge is 0.311 e. The number of unbranched alkanes of at least 4 members (excludes halogenated alkanes) is 9. The van der Waals surface area contributed by atoms with Gasteiger partial charge in [-0.05, 0) is 55.7 Å². The predicted molar refractivity (Wildman–Crippen MR) is 197 cm³/mol. The van der Waals surface area contributed by atoms with Gasteiger partial charge in [0.05, 0.1) is 29.4 Å². The minimum atomic E-state index is -0.571. The van der Waals surface area contributed by atoms with Crippen molar-refractivity contribution in [3.63, 3.8) is 0 Å². The highest BCUT2D eigenvalue weighted by Crippen LogP contribution is 2.41. The molecule has 0 saturated heterocycles. The third-order valence-electron chi connectivity index (χ3n) is 8.45. The number of amides is 1. The van der Waals surface area contributed by atoms with Crippen LogP contribution < -0.4 is 19.5 Å². The van der Waals surface area contributed by atoms with E-state index in [1.165, 1.54) is 69.6 Å². The zero-order valence-electron chi connectivity index (χ0n) is 29.5. The molecule has 0 heterocycles. The van der Waals surface area contributed by atoms with E-state index in [1.807, 2.05) is 32.0 Å². The second kappa shape index (κ2) is 20.1. The van der Waals surface area contributed by atoms with Crippen LogP contribution in [0.5, 0.6) is 23.0 Å². The number of benzene rings is 4. The molecule has 0 aliphatic rings. The van der Waals surface area contributed by atoms with Crippen molar-refractivity contribution >= 4 is 28.1 Å². The molecule has 50 heavy (non-hydrogen) atoms. The number of nitro benzene ring substituents is 1. The van der Waals surface area contributed by atoms with E-state index < -0.39 is 10.8 Å². The van der Waals surface area contributed by atoms with Crippen LogP contribution in [-0.4, -0.2) is 35.9 Å². The van der Waals surface area contributed by atoms with Gasteiger partial charge in [0.2, 0.25) is 5.75 Å². The number of nitrogens with zero attached hydrogens (tertiary/aromatic N) is 1. The van der Waals surface area contributed by atoms with Crippen molar-refractivity contribution in [1.82, 2.24) is 0 Å². The SMILES string of the molecule is CCCCCCCCCCCCOc1ccc(C)cc1NC(=O)c1cc(Oc2ccc(CO)cc2[N+](=O)[O-])c2ccccc2c1OCOCC. The van der Waals surface area contributed by atoms with Gasteiger partial charge >= 0.3 is 5.69 Å². The van der Waals surface area contributed by atoms with Gasteiger partial charge in [-0.2, -0.15) is 0 Å². The molecule has 0 saturated carbocycles. The van der Waals surface area contributed by atoms with Crippen LogP contribution in [-0.2, 0) is 11.3 Å². The number of rotatable bonds is 22. The number of ether oxygens (including phenoxy) is 4. The molecule has 0 bridgehead atoms. The summed E-state index contributed by atoms with van der Waals surface area (Å²) in [6.07, 6.45) is 12.3. The van der Waals surface area contributed by atoms with Crippen molar-refractivity contribution < 1.29 is 33.8 Å². The molecule has 4 aromatic carbocycles. The molecule has 10 heteroatoms. The van der Waals surface area contributed by atoms with Gasteiger partial charge in [-0.25, -0.2) is 0 Å². The van der Waals surface area contributed by atoms with Gasteiger partial charge in [0.15, 0.2) is 6.79 Å². The predicted octanol–water partition coefficient (Wildman–Crippen LogP) is 10.3. The van der Waals surface area contributed by atoms with Gasteiger partial charge < -0.3 is 29.4 Å². The van der Waals surface area contributed by atoms with Gasteiger partial charge in [0.1, 0.15) is 17.2 Å². The minimum Gasteiger partial charge on any atom is -0.491 e. The van der Waals surface area contributed by atoms with Gasteiger partial charge in [-0.1, -0.05) is 101 Å². The van der Waals surface area contributed by atoms with E-state index >= 15 is 0 Å². The number of nitro groups is 1. The second-order valence-corrected chi connectivity index (χ2v) is 12.4. The lowest BCUT2D eigenvalue weighted by Crippen LogP contribution is -2.16. The van der Waals surface area contributed by atoms with Crippen LogP contribution in [0, 0.1) is 17.0 Å². The summed E-state index contributed by atoms with van der Waals surface area (Å²) in [5.41, 5.74) is 1.67. The van der Waals surface area contributed by atoms with E-state index in [0.717, 1.165) is 18.4 Å². The molecule has 4 aromatic rings. The summed E-state index contributed by atoms with van der Waals surface area (Å²) in [6, 6.07) is 18.6. The number of carbonyl (C=O) groups excluding carboxylic acids is 1. The Hall–Kier alpha value is -4.67. The number of aliphatic hydroxyl groups is 1. The van der Waals surface area contributed by atoms with Crippen LogP contribution in [0.4, 0.5) is 11.4 Å². The van der Waals surface area contributed by atoms with Crippen molar-refractivity contribution in [3.05, 3.63) is 93.5 Å². The van der Waals surface area contributed by atoms with E-state index in [-0.39, 0.29) is 41.9 Å². The molecule has 2 N–H and O–H groups in total. The molecule has 0 aliphatic carbocycles. The number of anilines is 1. The first-order valence-electron chi connectivity index (χ1n) is 17.7. The molecule has 10 nitrogen and oxygen atoms in total. The fourth-order valence-corrected chi connectivity index (χ4v) is 5.75. The Morgan fingerprint density at radius 2 is 1.48 bits per heavy atom. The molecular formula is C40H50N2O8. The summed E-state index contributed by atoms with van der Waals surface area (Å²) >= 11 is 0. The first-order valence-corrected chi connectivity index (χ1v) is 17.7. The molecule has 0 spiro atoms. The van der Waals surface area contributed by atoms with Crippen molar-refractivity contribution in [2.24, 2.45) is 0 Å². The highest BCUT2D eigenvalue weighted by molar-refractivity contribution is 6.12. The van der Waals surface area contributed by atoms with Gasteiger partial charge in [0.25, 0.3) is 5.91 Å². The third kappa shape index (κ3) is 10.9. The highest BCUT2D eigenvalue weighted by atomic mass is 16.7. The average Bonchev–Trinajstić information content (AvgIpc) is 3.12. The number of aryl methyl sites for hydroxylation is 1. The first kappa shape index (κ1) is 38.1. The number of fused-ring (bicyclic) bond motifs is 1. The number of hydrogen-bond acceptors (Lipinski definition) is 8. The van der Waals surface area contributed by atoms with Crippen LogP contribution >= 0.6 is 0 Å². The molecule has 4 rings (SSSR count). The Bertz CT molecular complexity index is 1710. The van der Waals surface area contributed by atoms with Crippen LogP contribution in [0.15, 0.2) is 66.7 Å². The van der Waals surface area contributed by atoms with E-state index in [1.54, 1.807) is 30.3 Å². The zero-order valence-corrected chi connectivity index (χ0v) is 29.5.